The quantitative estimate of drug-likeness (QED) is 0.845. The van der Waals surface area contributed by atoms with Crippen molar-refractivity contribution in [1.82, 2.24) is 4.90 Å². The second-order valence-corrected chi connectivity index (χ2v) is 5.19. The van der Waals surface area contributed by atoms with Crippen molar-refractivity contribution in [3.8, 4) is 0 Å². The maximum Gasteiger partial charge on any atom is 0.0236 e. The van der Waals surface area contributed by atoms with Gasteiger partial charge in [-0.25, -0.2) is 0 Å². The van der Waals surface area contributed by atoms with E-state index in [4.69, 9.17) is 5.73 Å². The van der Waals surface area contributed by atoms with Crippen molar-refractivity contribution in [3.63, 3.8) is 0 Å². The average Bonchev–Trinajstić information content (AvgIpc) is 2.74. The molecule has 0 aromatic heterocycles. The number of nitrogens with two attached hydrogens (primary N) is 1. The SMILES string of the molecule is Cc1cccc(CN2CCCC2CCCN)c1. The molecule has 1 aromatic carbocycles. The molecule has 0 bridgehead atoms. The Bertz CT molecular complexity index is 349. The van der Waals surface area contributed by atoms with Gasteiger partial charge in [-0.1, -0.05) is 29.8 Å². The average molecular weight is 232 g/mol. The first-order valence-electron chi connectivity index (χ1n) is 6.79. The molecule has 1 aliphatic rings. The molecule has 0 aliphatic carbocycles. The topological polar surface area (TPSA) is 29.3 Å². The van der Waals surface area contributed by atoms with Gasteiger partial charge in [-0.3, -0.25) is 4.90 Å². The summed E-state index contributed by atoms with van der Waals surface area (Å²) in [5.41, 5.74) is 8.42. The van der Waals surface area contributed by atoms with E-state index in [2.05, 4.69) is 36.1 Å². The van der Waals surface area contributed by atoms with Crippen molar-refractivity contribution in [1.29, 1.82) is 0 Å². The number of rotatable bonds is 5. The first kappa shape index (κ1) is 12.6. The summed E-state index contributed by atoms with van der Waals surface area (Å²) in [6.07, 6.45) is 5.13. The molecule has 2 N–H and O–H groups in total. The molecule has 0 saturated carbocycles. The van der Waals surface area contributed by atoms with Gasteiger partial charge in [0.25, 0.3) is 0 Å². The number of hydrogen-bond donors (Lipinski definition) is 1. The maximum atomic E-state index is 5.61. The molecule has 0 radical (unpaired) electrons. The third kappa shape index (κ3) is 3.55. The first-order valence-corrected chi connectivity index (χ1v) is 6.79. The van der Waals surface area contributed by atoms with Crippen LogP contribution in [0.2, 0.25) is 0 Å². The zero-order valence-electron chi connectivity index (χ0n) is 10.9. The highest BCUT2D eigenvalue weighted by Gasteiger charge is 2.23. The van der Waals surface area contributed by atoms with Crippen molar-refractivity contribution in [2.45, 2.75) is 45.2 Å². The molecular weight excluding hydrogens is 208 g/mol. The van der Waals surface area contributed by atoms with E-state index in [1.165, 1.54) is 36.9 Å². The number of hydrogen-bond acceptors (Lipinski definition) is 2. The molecular formula is C15H24N2. The highest BCUT2D eigenvalue weighted by atomic mass is 15.2. The molecule has 1 aromatic rings. The van der Waals surface area contributed by atoms with Crippen LogP contribution in [0.4, 0.5) is 0 Å². The molecule has 1 heterocycles. The predicted octanol–water partition coefficient (Wildman–Crippen LogP) is 2.70. The van der Waals surface area contributed by atoms with Crippen molar-refractivity contribution < 1.29 is 0 Å². The van der Waals surface area contributed by atoms with Gasteiger partial charge in [0.1, 0.15) is 0 Å². The third-order valence-corrected chi connectivity index (χ3v) is 3.71. The highest BCUT2D eigenvalue weighted by molar-refractivity contribution is 5.22. The van der Waals surface area contributed by atoms with Gasteiger partial charge in [-0.15, -0.1) is 0 Å². The second-order valence-electron chi connectivity index (χ2n) is 5.19. The van der Waals surface area contributed by atoms with Crippen LogP contribution in [-0.4, -0.2) is 24.0 Å². The van der Waals surface area contributed by atoms with Crippen LogP contribution in [0.15, 0.2) is 24.3 Å². The summed E-state index contributed by atoms with van der Waals surface area (Å²) in [5, 5.41) is 0. The normalized spacial score (nSPS) is 20.9. The summed E-state index contributed by atoms with van der Waals surface area (Å²) in [6, 6.07) is 9.64. The monoisotopic (exact) mass is 232 g/mol. The van der Waals surface area contributed by atoms with Crippen LogP contribution >= 0.6 is 0 Å². The summed E-state index contributed by atoms with van der Waals surface area (Å²) >= 11 is 0. The minimum absolute atomic E-state index is 0.763. The fourth-order valence-corrected chi connectivity index (χ4v) is 2.83. The van der Waals surface area contributed by atoms with E-state index in [9.17, 15) is 0 Å². The Hall–Kier alpha value is -0.860. The zero-order valence-corrected chi connectivity index (χ0v) is 10.9. The van der Waals surface area contributed by atoms with E-state index in [0.717, 1.165) is 25.6 Å². The standard InChI is InChI=1S/C15H24N2/c1-13-5-2-6-14(11-13)12-17-10-4-8-15(17)7-3-9-16/h2,5-6,11,15H,3-4,7-10,12,16H2,1H3. The molecule has 0 amide bonds. The number of aryl methyl sites for hydroxylation is 1. The van der Waals surface area contributed by atoms with E-state index in [-0.39, 0.29) is 0 Å². The van der Waals surface area contributed by atoms with Crippen molar-refractivity contribution >= 4 is 0 Å². The lowest BCUT2D eigenvalue weighted by Gasteiger charge is -2.24. The Morgan fingerprint density at radius 3 is 3.06 bits per heavy atom. The minimum atomic E-state index is 0.763. The second kappa shape index (κ2) is 6.18. The molecule has 2 heteroatoms. The maximum absolute atomic E-state index is 5.61. The van der Waals surface area contributed by atoms with Crippen LogP contribution in [0.25, 0.3) is 0 Å². The van der Waals surface area contributed by atoms with Gasteiger partial charge in [-0.05, 0) is 51.3 Å². The van der Waals surface area contributed by atoms with E-state index in [1.807, 2.05) is 0 Å². The van der Waals surface area contributed by atoms with E-state index < -0.39 is 0 Å². The Balaban J connectivity index is 1.93. The van der Waals surface area contributed by atoms with Crippen LogP contribution in [0, 0.1) is 6.92 Å². The van der Waals surface area contributed by atoms with Crippen LogP contribution in [-0.2, 0) is 6.54 Å². The Kier molecular flexibility index (Phi) is 4.57. The number of benzene rings is 1. The third-order valence-electron chi connectivity index (χ3n) is 3.71. The van der Waals surface area contributed by atoms with Gasteiger partial charge in [-0.2, -0.15) is 0 Å². The number of likely N-dealkylation sites (tertiary alicyclic amines) is 1. The molecule has 2 nitrogen and oxygen atoms in total. The lowest BCUT2D eigenvalue weighted by Crippen LogP contribution is -2.29. The van der Waals surface area contributed by atoms with E-state index in [1.54, 1.807) is 0 Å². The van der Waals surface area contributed by atoms with Gasteiger partial charge in [0.05, 0.1) is 0 Å². The smallest absolute Gasteiger partial charge is 0.0236 e. The zero-order chi connectivity index (χ0) is 12.1. The molecule has 1 unspecified atom stereocenters. The molecule has 17 heavy (non-hydrogen) atoms. The van der Waals surface area contributed by atoms with E-state index >= 15 is 0 Å². The number of nitrogens with zero attached hydrogens (tertiary/aromatic N) is 1. The van der Waals surface area contributed by atoms with Gasteiger partial charge >= 0.3 is 0 Å². The van der Waals surface area contributed by atoms with Gasteiger partial charge in [0.2, 0.25) is 0 Å². The largest absolute Gasteiger partial charge is 0.330 e. The molecule has 94 valence electrons. The molecule has 2 rings (SSSR count). The molecule has 1 fully saturated rings. The predicted molar refractivity (Wildman–Crippen MR) is 72.9 cm³/mol. The van der Waals surface area contributed by atoms with Crippen LogP contribution in [0.5, 0.6) is 0 Å². The van der Waals surface area contributed by atoms with Crippen molar-refractivity contribution in [2.75, 3.05) is 13.1 Å². The first-order chi connectivity index (χ1) is 8.29. The van der Waals surface area contributed by atoms with Crippen molar-refractivity contribution in [3.05, 3.63) is 35.4 Å². The lowest BCUT2D eigenvalue weighted by molar-refractivity contribution is 0.232. The Labute approximate surface area is 105 Å². The van der Waals surface area contributed by atoms with Crippen LogP contribution in [0.3, 0.4) is 0 Å². The summed E-state index contributed by atoms with van der Waals surface area (Å²) < 4.78 is 0. The molecule has 1 atom stereocenters. The fraction of sp³-hybridized carbons (Fsp3) is 0.600. The minimum Gasteiger partial charge on any atom is -0.330 e. The van der Waals surface area contributed by atoms with Crippen molar-refractivity contribution in [2.24, 2.45) is 5.73 Å². The molecule has 1 aliphatic heterocycles. The van der Waals surface area contributed by atoms with Gasteiger partial charge in [0, 0.05) is 12.6 Å². The highest BCUT2D eigenvalue weighted by Crippen LogP contribution is 2.23. The van der Waals surface area contributed by atoms with E-state index in [0.29, 0.717) is 0 Å². The lowest BCUT2D eigenvalue weighted by atomic mass is 10.1. The van der Waals surface area contributed by atoms with Gasteiger partial charge in [0.15, 0.2) is 0 Å². The molecule has 1 saturated heterocycles. The van der Waals surface area contributed by atoms with Crippen LogP contribution in [0.1, 0.15) is 36.8 Å². The fourth-order valence-electron chi connectivity index (χ4n) is 2.83. The Morgan fingerprint density at radius 1 is 1.41 bits per heavy atom. The Morgan fingerprint density at radius 2 is 2.29 bits per heavy atom. The van der Waals surface area contributed by atoms with Gasteiger partial charge < -0.3 is 5.73 Å². The summed E-state index contributed by atoms with van der Waals surface area (Å²) in [4.78, 5) is 2.63. The van der Waals surface area contributed by atoms with Crippen LogP contribution < -0.4 is 5.73 Å². The summed E-state index contributed by atoms with van der Waals surface area (Å²) in [5.74, 6) is 0. The molecule has 0 spiro atoms. The summed E-state index contributed by atoms with van der Waals surface area (Å²) in [6.45, 7) is 5.36. The summed E-state index contributed by atoms with van der Waals surface area (Å²) in [7, 11) is 0.